The average Bonchev–Trinajstić information content (AvgIpc) is 3.22. The quantitative estimate of drug-likeness (QED) is 0.441. The summed E-state index contributed by atoms with van der Waals surface area (Å²) in [4.78, 5) is 26.1. The van der Waals surface area contributed by atoms with Crippen molar-refractivity contribution in [2.75, 3.05) is 17.7 Å². The smallest absolute Gasteiger partial charge is 0.250 e. The first-order chi connectivity index (χ1) is 17.0. The van der Waals surface area contributed by atoms with Crippen LogP contribution in [0, 0.1) is 11.3 Å². The topological polar surface area (TPSA) is 131 Å². The van der Waals surface area contributed by atoms with E-state index in [-0.39, 0.29) is 45.0 Å². The van der Waals surface area contributed by atoms with Gasteiger partial charge in [-0.1, -0.05) is 23.7 Å². The van der Waals surface area contributed by atoms with E-state index in [4.69, 9.17) is 22.1 Å². The summed E-state index contributed by atoms with van der Waals surface area (Å²) >= 11 is 9.70. The number of halogens is 2. The van der Waals surface area contributed by atoms with Crippen LogP contribution < -0.4 is 15.4 Å². The van der Waals surface area contributed by atoms with Gasteiger partial charge < -0.3 is 15.4 Å². The minimum Gasteiger partial charge on any atom is -0.453 e. The zero-order valence-corrected chi connectivity index (χ0v) is 22.0. The number of anilines is 1. The molecule has 1 fully saturated rings. The Bertz CT molecular complexity index is 1550. The van der Waals surface area contributed by atoms with Crippen molar-refractivity contribution in [3.63, 3.8) is 0 Å². The lowest BCUT2D eigenvalue weighted by atomic mass is 9.98. The van der Waals surface area contributed by atoms with Gasteiger partial charge in [0.15, 0.2) is 15.6 Å². The Morgan fingerprint density at radius 1 is 1.22 bits per heavy atom. The molecule has 36 heavy (non-hydrogen) atoms. The maximum atomic E-state index is 12.9. The summed E-state index contributed by atoms with van der Waals surface area (Å²) in [5.74, 6) is -0.636. The molecule has 184 valence electrons. The molecule has 3 aromatic carbocycles. The third-order valence-electron chi connectivity index (χ3n) is 5.79. The van der Waals surface area contributed by atoms with E-state index in [1.165, 1.54) is 23.1 Å². The van der Waals surface area contributed by atoms with Gasteiger partial charge in [-0.15, -0.1) is 0 Å². The molecule has 0 unspecified atom stereocenters. The molecule has 0 aliphatic carbocycles. The number of carbonyl (C=O) groups excluding carboxylic acids is 2. The molecule has 2 N–H and O–H groups in total. The predicted molar refractivity (Wildman–Crippen MR) is 138 cm³/mol. The fourth-order valence-electron chi connectivity index (χ4n) is 4.04. The molecule has 0 bridgehead atoms. The lowest BCUT2D eigenvalue weighted by Gasteiger charge is -2.19. The van der Waals surface area contributed by atoms with Gasteiger partial charge in [-0.05, 0) is 64.0 Å². The summed E-state index contributed by atoms with van der Waals surface area (Å²) < 4.78 is 30.6. The van der Waals surface area contributed by atoms with E-state index in [1.807, 2.05) is 6.07 Å². The van der Waals surface area contributed by atoms with Crippen molar-refractivity contribution in [1.82, 2.24) is 0 Å². The molecule has 1 atom stereocenters. The highest BCUT2D eigenvalue weighted by molar-refractivity contribution is 9.10. The molecule has 1 heterocycles. The van der Waals surface area contributed by atoms with E-state index in [0.717, 1.165) is 11.8 Å². The van der Waals surface area contributed by atoms with Crippen LogP contribution in [-0.4, -0.2) is 33.0 Å². The Balaban J connectivity index is 1.64. The van der Waals surface area contributed by atoms with Crippen LogP contribution in [0.25, 0.3) is 0 Å². The van der Waals surface area contributed by atoms with Crippen LogP contribution in [-0.2, 0) is 14.6 Å². The molecule has 0 aromatic heterocycles. The number of ether oxygens (including phenoxy) is 1. The molecule has 1 aliphatic heterocycles. The van der Waals surface area contributed by atoms with Gasteiger partial charge in [-0.2, -0.15) is 5.26 Å². The molecule has 4 rings (SSSR count). The number of hydrogen-bond acceptors (Lipinski definition) is 6. The molecule has 8 nitrogen and oxygen atoms in total. The predicted octanol–water partition coefficient (Wildman–Crippen LogP) is 4.79. The Kier molecular flexibility index (Phi) is 7.09. The molecule has 3 aromatic rings. The molecular formula is C25H19BrClN3O5S. The fourth-order valence-corrected chi connectivity index (χ4v) is 5.46. The molecule has 0 radical (unpaired) electrons. The molecule has 11 heteroatoms. The number of sulfone groups is 1. The van der Waals surface area contributed by atoms with Crippen LogP contribution in [0.3, 0.4) is 0 Å². The van der Waals surface area contributed by atoms with Crippen molar-refractivity contribution in [3.05, 3.63) is 80.8 Å². The fraction of sp³-hybridized carbons (Fsp3) is 0.160. The lowest BCUT2D eigenvalue weighted by molar-refractivity contribution is -0.117. The number of rotatable bonds is 6. The second-order valence-electron chi connectivity index (χ2n) is 8.24. The van der Waals surface area contributed by atoms with E-state index in [2.05, 4.69) is 22.0 Å². The molecule has 1 aliphatic rings. The van der Waals surface area contributed by atoms with Crippen LogP contribution in [0.2, 0.25) is 5.02 Å². The van der Waals surface area contributed by atoms with Gasteiger partial charge in [-0.3, -0.25) is 9.59 Å². The maximum Gasteiger partial charge on any atom is 0.250 e. The number of carbonyl (C=O) groups is 2. The number of nitrogens with zero attached hydrogens (tertiary/aromatic N) is 2. The summed E-state index contributed by atoms with van der Waals surface area (Å²) in [6.45, 7) is 0.297. The molecular weight excluding hydrogens is 570 g/mol. The van der Waals surface area contributed by atoms with Gasteiger partial charge in [0.05, 0.1) is 25.5 Å². The van der Waals surface area contributed by atoms with Gasteiger partial charge >= 0.3 is 0 Å². The maximum absolute atomic E-state index is 12.9. The van der Waals surface area contributed by atoms with Crippen LogP contribution in [0.4, 0.5) is 5.69 Å². The van der Waals surface area contributed by atoms with Crippen LogP contribution in [0.5, 0.6) is 11.5 Å². The minimum atomic E-state index is -3.68. The number of para-hydroxylation sites is 1. The number of nitriles is 1. The van der Waals surface area contributed by atoms with E-state index >= 15 is 0 Å². The van der Waals surface area contributed by atoms with Crippen LogP contribution in [0.1, 0.15) is 33.8 Å². The highest BCUT2D eigenvalue weighted by Crippen LogP contribution is 2.40. The third kappa shape index (κ3) is 5.09. The zero-order chi connectivity index (χ0) is 26.2. The van der Waals surface area contributed by atoms with E-state index in [0.29, 0.717) is 22.5 Å². The number of nitrogens with two attached hydrogens (primary N) is 1. The Morgan fingerprint density at radius 2 is 1.97 bits per heavy atom. The first-order valence-electron chi connectivity index (χ1n) is 10.6. The first-order valence-corrected chi connectivity index (χ1v) is 13.7. The highest BCUT2D eigenvalue weighted by Gasteiger charge is 2.33. The zero-order valence-electron chi connectivity index (χ0n) is 18.9. The van der Waals surface area contributed by atoms with Crippen molar-refractivity contribution >= 4 is 54.9 Å². The van der Waals surface area contributed by atoms with Gasteiger partial charge in [0.1, 0.15) is 11.8 Å². The number of primary amides is 1. The van der Waals surface area contributed by atoms with Crippen molar-refractivity contribution in [2.24, 2.45) is 5.73 Å². The normalized spacial score (nSPS) is 15.6. The van der Waals surface area contributed by atoms with Crippen LogP contribution >= 0.6 is 27.5 Å². The number of hydrogen-bond donors (Lipinski definition) is 1. The Hall–Kier alpha value is -3.39. The van der Waals surface area contributed by atoms with E-state index in [1.54, 1.807) is 30.3 Å². The Labute approximate surface area is 221 Å². The monoisotopic (exact) mass is 587 g/mol. The summed E-state index contributed by atoms with van der Waals surface area (Å²) in [7, 11) is -3.68. The van der Waals surface area contributed by atoms with Crippen LogP contribution in [0.15, 0.2) is 64.0 Å². The summed E-state index contributed by atoms with van der Waals surface area (Å²) in [5.41, 5.74) is 6.72. The molecule has 0 spiro atoms. The minimum absolute atomic E-state index is 0.168. The van der Waals surface area contributed by atoms with Crippen molar-refractivity contribution in [3.8, 4) is 17.6 Å². The highest BCUT2D eigenvalue weighted by atomic mass is 79.9. The van der Waals surface area contributed by atoms with Gasteiger partial charge in [-0.25, -0.2) is 8.42 Å². The van der Waals surface area contributed by atoms with Gasteiger partial charge in [0, 0.05) is 30.8 Å². The van der Waals surface area contributed by atoms with Gasteiger partial charge in [0.2, 0.25) is 11.8 Å². The number of amides is 2. The SMILES string of the molecule is CS(=O)(=O)c1ccc(N2C[C@@H](c3ccc(Br)c(Oc4c(Cl)cccc4C#N)c3)CC2=O)cc1C(N)=O. The Morgan fingerprint density at radius 3 is 2.64 bits per heavy atom. The largest absolute Gasteiger partial charge is 0.453 e. The first kappa shape index (κ1) is 25.7. The van der Waals surface area contributed by atoms with E-state index < -0.39 is 15.7 Å². The van der Waals surface area contributed by atoms with Gasteiger partial charge in [0.25, 0.3) is 0 Å². The van der Waals surface area contributed by atoms with E-state index in [9.17, 15) is 23.3 Å². The summed E-state index contributed by atoms with van der Waals surface area (Å²) in [6.07, 6.45) is 1.18. The summed E-state index contributed by atoms with van der Waals surface area (Å²) in [5, 5.41) is 9.68. The standard InChI is InChI=1S/C25H19BrClN3O5S/c1-36(33,34)22-8-6-17(11-18(22)25(29)32)30-13-16(10-23(30)31)14-5-7-19(26)21(9-14)35-24-15(12-28)3-2-4-20(24)27/h2-9,11,16H,10,13H2,1H3,(H2,29,32)/t16-/m0/s1. The van der Waals surface area contributed by atoms with Crippen molar-refractivity contribution in [2.45, 2.75) is 17.2 Å². The molecule has 1 saturated heterocycles. The van der Waals surface area contributed by atoms with Crippen molar-refractivity contribution < 1.29 is 22.7 Å². The second-order valence-corrected chi connectivity index (χ2v) is 11.5. The molecule has 2 amide bonds. The molecule has 0 saturated carbocycles. The summed E-state index contributed by atoms with van der Waals surface area (Å²) in [6, 6.07) is 16.5. The average molecular weight is 589 g/mol. The number of benzene rings is 3. The third-order valence-corrected chi connectivity index (χ3v) is 7.90. The second kappa shape index (κ2) is 9.93. The lowest BCUT2D eigenvalue weighted by Crippen LogP contribution is -2.25. The van der Waals surface area contributed by atoms with Crippen molar-refractivity contribution in [1.29, 1.82) is 5.26 Å².